The molecule has 1 aromatic carbocycles. The van der Waals surface area contributed by atoms with Gasteiger partial charge in [-0.05, 0) is 24.4 Å². The molecule has 2 rings (SSSR count). The molecule has 0 atom stereocenters. The third-order valence-corrected chi connectivity index (χ3v) is 2.80. The molecule has 0 saturated carbocycles. The molecule has 2 aromatic rings. The molecule has 1 heterocycles. The van der Waals surface area contributed by atoms with Crippen LogP contribution in [-0.2, 0) is 6.42 Å². The van der Waals surface area contributed by atoms with Gasteiger partial charge in [-0.3, -0.25) is 0 Å². The highest BCUT2D eigenvalue weighted by atomic mass is 16.4. The van der Waals surface area contributed by atoms with Crippen molar-refractivity contribution in [3.05, 3.63) is 50.7 Å². The lowest BCUT2D eigenvalue weighted by molar-refractivity contribution is 0.548. The number of unbranched alkanes of at least 4 members (excludes halogenated alkanes) is 1. The predicted octanol–water partition coefficient (Wildman–Crippen LogP) is 4.08. The predicted molar refractivity (Wildman–Crippen MR) is 69.9 cm³/mol. The number of rotatable bonds is 4. The number of fused-ring (bicyclic) bond motifs is 1. The van der Waals surface area contributed by atoms with Crippen molar-refractivity contribution in [3.63, 3.8) is 0 Å². The molecular formula is C13H13N3O2. The first-order valence-electron chi connectivity index (χ1n) is 5.87. The summed E-state index contributed by atoms with van der Waals surface area (Å²) in [6.07, 6.45) is 2.39. The van der Waals surface area contributed by atoms with Crippen LogP contribution in [-0.4, -0.2) is 0 Å². The minimum Gasteiger partial charge on any atom is -0.423 e. The second-order valence-corrected chi connectivity index (χ2v) is 4.01. The van der Waals surface area contributed by atoms with Crippen molar-refractivity contribution < 1.29 is 4.42 Å². The highest BCUT2D eigenvalue weighted by Crippen LogP contribution is 2.28. The minimum atomic E-state index is -0.412. The first-order chi connectivity index (χ1) is 8.77. The summed E-state index contributed by atoms with van der Waals surface area (Å²) < 4.78 is 5.24. The van der Waals surface area contributed by atoms with Crippen LogP contribution < -0.4 is 5.63 Å². The van der Waals surface area contributed by atoms with Gasteiger partial charge in [0.15, 0.2) is 0 Å². The van der Waals surface area contributed by atoms with Gasteiger partial charge in [0, 0.05) is 15.9 Å². The van der Waals surface area contributed by atoms with Crippen molar-refractivity contribution in [1.82, 2.24) is 0 Å². The van der Waals surface area contributed by atoms with Gasteiger partial charge in [-0.25, -0.2) is 4.79 Å². The lowest BCUT2D eigenvalue weighted by Gasteiger charge is -2.06. The highest BCUT2D eigenvalue weighted by Gasteiger charge is 2.12. The van der Waals surface area contributed by atoms with Crippen LogP contribution in [0.15, 0.2) is 38.6 Å². The average Bonchev–Trinajstić information content (AvgIpc) is 2.38. The molecule has 0 aliphatic heterocycles. The Morgan fingerprint density at radius 2 is 2.17 bits per heavy atom. The summed E-state index contributed by atoms with van der Waals surface area (Å²) in [5.41, 5.74) is 9.55. The fourth-order valence-electron chi connectivity index (χ4n) is 1.90. The quantitative estimate of drug-likeness (QED) is 0.351. The van der Waals surface area contributed by atoms with Crippen molar-refractivity contribution in [3.8, 4) is 0 Å². The van der Waals surface area contributed by atoms with Crippen LogP contribution in [0.1, 0.15) is 25.3 Å². The first-order valence-corrected chi connectivity index (χ1v) is 5.87. The Morgan fingerprint density at radius 3 is 2.89 bits per heavy atom. The summed E-state index contributed by atoms with van der Waals surface area (Å²) in [7, 11) is 0. The molecule has 92 valence electrons. The van der Waals surface area contributed by atoms with Crippen LogP contribution in [0.25, 0.3) is 21.4 Å². The van der Waals surface area contributed by atoms with Crippen molar-refractivity contribution in [1.29, 1.82) is 0 Å². The fourth-order valence-corrected chi connectivity index (χ4v) is 1.90. The fraction of sp³-hybridized carbons (Fsp3) is 0.308. The SMILES string of the molecule is CCCCc1c(N=[N+]=[N-])c2ccccc2oc1=O. The molecule has 0 amide bonds. The molecule has 5 nitrogen and oxygen atoms in total. The molecule has 1 aromatic heterocycles. The third kappa shape index (κ3) is 2.21. The van der Waals surface area contributed by atoms with E-state index in [0.29, 0.717) is 28.6 Å². The number of azide groups is 1. The Labute approximate surface area is 104 Å². The summed E-state index contributed by atoms with van der Waals surface area (Å²) in [4.78, 5) is 14.7. The summed E-state index contributed by atoms with van der Waals surface area (Å²) >= 11 is 0. The van der Waals surface area contributed by atoms with Gasteiger partial charge in [-0.1, -0.05) is 36.7 Å². The molecule has 0 N–H and O–H groups in total. The summed E-state index contributed by atoms with van der Waals surface area (Å²) in [6, 6.07) is 7.08. The largest absolute Gasteiger partial charge is 0.423 e. The summed E-state index contributed by atoms with van der Waals surface area (Å²) in [5.74, 6) is 0. The van der Waals surface area contributed by atoms with Crippen molar-refractivity contribution in [2.24, 2.45) is 5.11 Å². The Balaban J connectivity index is 2.74. The minimum absolute atomic E-state index is 0.401. The van der Waals surface area contributed by atoms with Gasteiger partial charge in [0.05, 0.1) is 5.69 Å². The second kappa shape index (κ2) is 5.38. The standard InChI is InChI=1S/C13H13N3O2/c1-2-3-6-10-12(15-16-14)9-7-4-5-8-11(9)18-13(10)17/h4-5,7-8H,2-3,6H2,1H3. The Kier molecular flexibility index (Phi) is 3.65. The number of hydrogen-bond acceptors (Lipinski definition) is 3. The van der Waals surface area contributed by atoms with Crippen LogP contribution in [0.5, 0.6) is 0 Å². The number of benzene rings is 1. The second-order valence-electron chi connectivity index (χ2n) is 4.01. The molecule has 0 saturated heterocycles. The van der Waals surface area contributed by atoms with E-state index >= 15 is 0 Å². The van der Waals surface area contributed by atoms with E-state index in [1.807, 2.05) is 13.0 Å². The molecule has 0 fully saturated rings. The average molecular weight is 243 g/mol. The van der Waals surface area contributed by atoms with E-state index in [-0.39, 0.29) is 0 Å². The van der Waals surface area contributed by atoms with Crippen molar-refractivity contribution in [2.75, 3.05) is 0 Å². The van der Waals surface area contributed by atoms with E-state index in [1.165, 1.54) is 0 Å². The maximum atomic E-state index is 11.9. The van der Waals surface area contributed by atoms with Crippen molar-refractivity contribution in [2.45, 2.75) is 26.2 Å². The van der Waals surface area contributed by atoms with Gasteiger partial charge in [0.2, 0.25) is 0 Å². The van der Waals surface area contributed by atoms with Gasteiger partial charge in [0.1, 0.15) is 5.58 Å². The normalized spacial score (nSPS) is 10.3. The topological polar surface area (TPSA) is 79.0 Å². The van der Waals surface area contributed by atoms with Gasteiger partial charge in [-0.2, -0.15) is 0 Å². The van der Waals surface area contributed by atoms with Crippen LogP contribution in [0.3, 0.4) is 0 Å². The smallest absolute Gasteiger partial charge is 0.339 e. The maximum Gasteiger partial charge on any atom is 0.339 e. The molecule has 0 radical (unpaired) electrons. The number of para-hydroxylation sites is 1. The Bertz CT molecular complexity index is 669. The molecule has 0 aliphatic rings. The van der Waals surface area contributed by atoms with Crippen molar-refractivity contribution >= 4 is 16.7 Å². The number of nitrogens with zero attached hydrogens (tertiary/aromatic N) is 3. The van der Waals surface area contributed by atoms with E-state index in [2.05, 4.69) is 10.0 Å². The first kappa shape index (κ1) is 12.2. The van der Waals surface area contributed by atoms with Crippen LogP contribution in [0.4, 0.5) is 5.69 Å². The molecule has 0 unspecified atom stereocenters. The zero-order chi connectivity index (χ0) is 13.0. The molecule has 0 spiro atoms. The van der Waals surface area contributed by atoms with E-state index in [1.54, 1.807) is 18.2 Å². The van der Waals surface area contributed by atoms with Gasteiger partial charge >= 0.3 is 5.63 Å². The van der Waals surface area contributed by atoms with Gasteiger partial charge < -0.3 is 4.42 Å². The zero-order valence-electron chi connectivity index (χ0n) is 10.1. The van der Waals surface area contributed by atoms with Crippen LogP contribution in [0.2, 0.25) is 0 Å². The zero-order valence-corrected chi connectivity index (χ0v) is 10.1. The molecular weight excluding hydrogens is 230 g/mol. The van der Waals surface area contributed by atoms with Crippen LogP contribution >= 0.6 is 0 Å². The molecule has 0 bridgehead atoms. The van der Waals surface area contributed by atoms with E-state index < -0.39 is 5.63 Å². The van der Waals surface area contributed by atoms with E-state index in [9.17, 15) is 4.79 Å². The number of hydrogen-bond donors (Lipinski definition) is 0. The van der Waals surface area contributed by atoms with E-state index in [4.69, 9.17) is 9.95 Å². The van der Waals surface area contributed by atoms with Gasteiger partial charge in [-0.15, -0.1) is 0 Å². The molecule has 0 aliphatic carbocycles. The molecule has 18 heavy (non-hydrogen) atoms. The molecule has 5 heteroatoms. The Hall–Kier alpha value is -2.26. The summed E-state index contributed by atoms with van der Waals surface area (Å²) in [6.45, 7) is 2.04. The lowest BCUT2D eigenvalue weighted by Crippen LogP contribution is -2.07. The maximum absolute atomic E-state index is 11.9. The lowest BCUT2D eigenvalue weighted by atomic mass is 10.1. The Morgan fingerprint density at radius 1 is 1.39 bits per heavy atom. The highest BCUT2D eigenvalue weighted by molar-refractivity contribution is 5.89. The summed E-state index contributed by atoms with van der Waals surface area (Å²) in [5, 5.41) is 4.35. The monoisotopic (exact) mass is 243 g/mol. The van der Waals surface area contributed by atoms with Gasteiger partial charge in [0.25, 0.3) is 0 Å². The van der Waals surface area contributed by atoms with E-state index in [0.717, 1.165) is 12.8 Å². The van der Waals surface area contributed by atoms with Crippen LogP contribution in [0, 0.1) is 0 Å². The third-order valence-electron chi connectivity index (χ3n) is 2.80.